The molecule has 0 aromatic heterocycles. The molecule has 0 rings (SSSR count). The first-order valence-electron chi connectivity index (χ1n) is 23.6. The van der Waals surface area contributed by atoms with Crippen molar-refractivity contribution in [2.24, 2.45) is 0 Å². The average Bonchev–Trinajstić information content (AvgIpc) is 3.19. The van der Waals surface area contributed by atoms with Gasteiger partial charge in [-0.15, -0.1) is 0 Å². The molecule has 0 fully saturated rings. The lowest BCUT2D eigenvalue weighted by Crippen LogP contribution is -2.46. The number of esters is 1. The molecule has 3 atom stereocenters. The van der Waals surface area contributed by atoms with Gasteiger partial charge in [0.15, 0.2) is 0 Å². The van der Waals surface area contributed by atoms with E-state index < -0.39 is 18.2 Å². The largest absolute Gasteiger partial charge is 0.462 e. The maximum Gasteiger partial charge on any atom is 0.306 e. The number of amides is 1. The third-order valence-corrected chi connectivity index (χ3v) is 10.4. The van der Waals surface area contributed by atoms with E-state index in [4.69, 9.17) is 4.74 Å². The highest BCUT2D eigenvalue weighted by Crippen LogP contribution is 2.17. The third kappa shape index (κ3) is 38.4. The minimum Gasteiger partial charge on any atom is -0.462 e. The quantitative estimate of drug-likeness (QED) is 0.0248. The number of hydrogen-bond donors (Lipinski definition) is 3. The number of aliphatic hydroxyl groups is 2. The van der Waals surface area contributed by atoms with Crippen LogP contribution < -0.4 is 5.32 Å². The van der Waals surface area contributed by atoms with Gasteiger partial charge in [0.1, 0.15) is 6.10 Å². The lowest BCUT2D eigenvalue weighted by molar-refractivity contribution is -0.151. The van der Waals surface area contributed by atoms with Crippen LogP contribution in [0.5, 0.6) is 0 Å². The van der Waals surface area contributed by atoms with Crippen LogP contribution in [0.4, 0.5) is 0 Å². The summed E-state index contributed by atoms with van der Waals surface area (Å²) in [5, 5.41) is 23.6. The minimum absolute atomic E-state index is 0.0483. The molecule has 0 aliphatic rings. The summed E-state index contributed by atoms with van der Waals surface area (Å²) in [4.78, 5) is 26.0. The van der Waals surface area contributed by atoms with Crippen LogP contribution in [-0.4, -0.2) is 46.9 Å². The van der Waals surface area contributed by atoms with Gasteiger partial charge in [-0.25, -0.2) is 0 Å². The van der Waals surface area contributed by atoms with E-state index in [2.05, 4.69) is 62.5 Å². The van der Waals surface area contributed by atoms with E-state index in [0.717, 1.165) is 70.6 Å². The van der Waals surface area contributed by atoms with Gasteiger partial charge >= 0.3 is 5.97 Å². The molecular formula is C50H89NO5. The van der Waals surface area contributed by atoms with Crippen LogP contribution in [0.3, 0.4) is 0 Å². The summed E-state index contributed by atoms with van der Waals surface area (Å²) in [6.07, 6.45) is 52.8. The van der Waals surface area contributed by atoms with Gasteiger partial charge in [-0.2, -0.15) is 0 Å². The summed E-state index contributed by atoms with van der Waals surface area (Å²) in [6, 6.07) is -0.714. The molecule has 1 amide bonds. The molecule has 324 valence electrons. The number of rotatable bonds is 41. The van der Waals surface area contributed by atoms with Crippen LogP contribution in [0.15, 0.2) is 60.8 Å². The number of ether oxygens (including phenoxy) is 1. The van der Waals surface area contributed by atoms with Crippen LogP contribution in [0, 0.1) is 0 Å². The fourth-order valence-electron chi connectivity index (χ4n) is 6.85. The Bertz CT molecular complexity index is 1010. The van der Waals surface area contributed by atoms with Crippen LogP contribution in [0.1, 0.15) is 220 Å². The van der Waals surface area contributed by atoms with Gasteiger partial charge in [0.05, 0.1) is 25.2 Å². The Morgan fingerprint density at radius 1 is 0.536 bits per heavy atom. The van der Waals surface area contributed by atoms with E-state index in [-0.39, 0.29) is 24.9 Å². The van der Waals surface area contributed by atoms with Gasteiger partial charge in [-0.1, -0.05) is 197 Å². The van der Waals surface area contributed by atoms with E-state index in [1.54, 1.807) is 0 Å². The minimum atomic E-state index is -0.798. The highest BCUT2D eigenvalue weighted by molar-refractivity contribution is 5.77. The Morgan fingerprint density at radius 2 is 0.982 bits per heavy atom. The van der Waals surface area contributed by atoms with Crippen molar-refractivity contribution in [1.29, 1.82) is 0 Å². The third-order valence-electron chi connectivity index (χ3n) is 10.4. The van der Waals surface area contributed by atoms with Crippen molar-refractivity contribution in [2.45, 2.75) is 238 Å². The molecule has 0 bridgehead atoms. The van der Waals surface area contributed by atoms with E-state index in [1.807, 2.05) is 24.3 Å². The van der Waals surface area contributed by atoms with E-state index in [0.29, 0.717) is 19.3 Å². The first kappa shape index (κ1) is 53.6. The standard InChI is InChI=1S/C50H89NO5/c1-4-7-10-13-16-19-21-23-24-26-28-31-34-37-40-43-50(55)56-46(41-38-35-32-30-27-25-22-20-17-14-11-8-5-2)44-49(54)51-47(45-52)48(53)42-39-36-33-29-18-15-12-9-6-3/h8,11,14,17,19-22,25,27,46-48,52-53H,4-7,9-10,12-13,15-16,18,23-24,26,28-45H2,1-3H3,(H,51,54)/b11-8+,17-14+,21-19-,22-20+,27-25-. The summed E-state index contributed by atoms with van der Waals surface area (Å²) in [6.45, 7) is 6.29. The van der Waals surface area contributed by atoms with Crippen LogP contribution in [-0.2, 0) is 14.3 Å². The Morgan fingerprint density at radius 3 is 1.55 bits per heavy atom. The number of nitrogens with one attached hydrogen (secondary N) is 1. The summed E-state index contributed by atoms with van der Waals surface area (Å²) < 4.78 is 5.89. The molecule has 3 N–H and O–H groups in total. The highest BCUT2D eigenvalue weighted by Gasteiger charge is 2.24. The Hall–Kier alpha value is -2.44. The van der Waals surface area contributed by atoms with Crippen molar-refractivity contribution in [1.82, 2.24) is 5.32 Å². The summed E-state index contributed by atoms with van der Waals surface area (Å²) in [5.74, 6) is -0.522. The Balaban J connectivity index is 4.66. The van der Waals surface area contributed by atoms with Gasteiger partial charge in [0, 0.05) is 6.42 Å². The van der Waals surface area contributed by atoms with E-state index >= 15 is 0 Å². The molecule has 0 spiro atoms. The molecule has 0 radical (unpaired) electrons. The van der Waals surface area contributed by atoms with Crippen molar-refractivity contribution in [3.8, 4) is 0 Å². The summed E-state index contributed by atoms with van der Waals surface area (Å²) in [7, 11) is 0. The second-order valence-electron chi connectivity index (χ2n) is 15.9. The van der Waals surface area contributed by atoms with Crippen molar-refractivity contribution in [3.63, 3.8) is 0 Å². The number of unbranched alkanes of at least 4 members (excludes halogenated alkanes) is 22. The van der Waals surface area contributed by atoms with Crippen LogP contribution >= 0.6 is 0 Å². The maximum absolute atomic E-state index is 13.1. The number of carbonyl (C=O) groups excluding carboxylic acids is 2. The predicted molar refractivity (Wildman–Crippen MR) is 241 cm³/mol. The molecule has 56 heavy (non-hydrogen) atoms. The molecule has 3 unspecified atom stereocenters. The number of allylic oxidation sites excluding steroid dienone is 10. The maximum atomic E-state index is 13.1. The molecule has 0 saturated carbocycles. The average molecular weight is 784 g/mol. The van der Waals surface area contributed by atoms with Crippen molar-refractivity contribution >= 4 is 11.9 Å². The summed E-state index contributed by atoms with van der Waals surface area (Å²) >= 11 is 0. The second kappa shape index (κ2) is 43.7. The highest BCUT2D eigenvalue weighted by atomic mass is 16.5. The van der Waals surface area contributed by atoms with Crippen molar-refractivity contribution in [2.75, 3.05) is 6.61 Å². The van der Waals surface area contributed by atoms with Gasteiger partial charge in [-0.05, 0) is 70.6 Å². The van der Waals surface area contributed by atoms with Gasteiger partial charge in [0.2, 0.25) is 5.91 Å². The molecule has 6 nitrogen and oxygen atoms in total. The molecular weight excluding hydrogens is 695 g/mol. The molecule has 0 aliphatic heterocycles. The molecule has 6 heteroatoms. The lowest BCUT2D eigenvalue weighted by Gasteiger charge is -2.24. The van der Waals surface area contributed by atoms with Crippen LogP contribution in [0.25, 0.3) is 0 Å². The van der Waals surface area contributed by atoms with Crippen molar-refractivity contribution in [3.05, 3.63) is 60.8 Å². The normalized spacial score (nSPS) is 13.9. The predicted octanol–water partition coefficient (Wildman–Crippen LogP) is 13.7. The van der Waals surface area contributed by atoms with Crippen molar-refractivity contribution < 1.29 is 24.5 Å². The molecule has 0 saturated heterocycles. The van der Waals surface area contributed by atoms with Gasteiger partial charge < -0.3 is 20.3 Å². The smallest absolute Gasteiger partial charge is 0.306 e. The zero-order valence-corrected chi connectivity index (χ0v) is 36.8. The zero-order chi connectivity index (χ0) is 41.0. The first-order valence-corrected chi connectivity index (χ1v) is 23.6. The molecule has 0 heterocycles. The fourth-order valence-corrected chi connectivity index (χ4v) is 6.85. The van der Waals surface area contributed by atoms with E-state index in [9.17, 15) is 19.8 Å². The molecule has 0 aromatic rings. The molecule has 0 aromatic carbocycles. The fraction of sp³-hybridized carbons (Fsp3) is 0.760. The van der Waals surface area contributed by atoms with Crippen LogP contribution in [0.2, 0.25) is 0 Å². The van der Waals surface area contributed by atoms with Gasteiger partial charge in [0.25, 0.3) is 0 Å². The number of aliphatic hydroxyl groups excluding tert-OH is 2. The zero-order valence-electron chi connectivity index (χ0n) is 36.8. The Kier molecular flexibility index (Phi) is 41.8. The first-order chi connectivity index (χ1) is 27.5. The monoisotopic (exact) mass is 784 g/mol. The van der Waals surface area contributed by atoms with Gasteiger partial charge in [-0.3, -0.25) is 9.59 Å². The lowest BCUT2D eigenvalue weighted by atomic mass is 10.0. The Labute approximate surface area is 346 Å². The summed E-state index contributed by atoms with van der Waals surface area (Å²) in [5.41, 5.74) is 0. The number of carbonyl (C=O) groups is 2. The topological polar surface area (TPSA) is 95.9 Å². The van der Waals surface area contributed by atoms with E-state index in [1.165, 1.54) is 103 Å². The number of hydrogen-bond acceptors (Lipinski definition) is 5. The second-order valence-corrected chi connectivity index (χ2v) is 15.9. The SMILES string of the molecule is CC/C=C/C=C/C=C/C=C\CCCCCC(CC(=O)NC(CO)C(O)CCCCCCCCCCC)OC(=O)CCCCCCCCC/C=C\CCCCCC. The molecule has 0 aliphatic carbocycles.